The summed E-state index contributed by atoms with van der Waals surface area (Å²) >= 11 is 0. The molecule has 190 valence electrons. The fourth-order valence-electron chi connectivity index (χ4n) is 3.67. The Kier molecular flexibility index (Phi) is 6.13. The monoisotopic (exact) mass is 496 g/mol. The van der Waals surface area contributed by atoms with E-state index in [1.807, 2.05) is 0 Å². The van der Waals surface area contributed by atoms with Crippen LogP contribution in [-0.2, 0) is 19.1 Å². The first-order valence-corrected chi connectivity index (χ1v) is 9.42. The zero-order valence-corrected chi connectivity index (χ0v) is 17.6. The van der Waals surface area contributed by atoms with Gasteiger partial charge in [-0.25, -0.2) is 9.18 Å². The Bertz CT molecular complexity index is 973. The normalized spacial score (nSPS) is 26.1. The zero-order valence-electron chi connectivity index (χ0n) is 17.6. The molecule has 3 rings (SSSR count). The average molecular weight is 496 g/mol. The summed E-state index contributed by atoms with van der Waals surface area (Å²) in [4.78, 5) is 28.8. The number of nitrogens with zero attached hydrogens (tertiary/aromatic N) is 2. The Balaban J connectivity index is 2.07. The molecule has 16 nitrogen and oxygen atoms in total. The van der Waals surface area contributed by atoms with E-state index in [-0.39, 0.29) is 24.7 Å². The molecular weight excluding hydrogens is 473 g/mol. The van der Waals surface area contributed by atoms with Gasteiger partial charge in [0.1, 0.15) is 6.10 Å². The summed E-state index contributed by atoms with van der Waals surface area (Å²) in [5.74, 6) is -19.5. The predicted octanol–water partition coefficient (Wildman–Crippen LogP) is -4.26. The first kappa shape index (κ1) is 26.1. The smallest absolute Gasteiger partial charge is 0.440 e. The number of benzene rings is 1. The van der Waals surface area contributed by atoms with Crippen LogP contribution in [0.25, 0.3) is 0 Å². The number of hydroxylamine groups is 2. The molecule has 2 fully saturated rings. The molecular formula is C17H23FN3O13+. The van der Waals surface area contributed by atoms with Crippen LogP contribution in [0.1, 0.15) is 6.92 Å². The Morgan fingerprint density at radius 2 is 1.74 bits per heavy atom. The van der Waals surface area contributed by atoms with Gasteiger partial charge in [-0.05, 0) is 10.7 Å². The largest absolute Gasteiger partial charge is 0.442 e. The lowest BCUT2D eigenvalue weighted by Gasteiger charge is -2.56. The van der Waals surface area contributed by atoms with E-state index < -0.39 is 52.1 Å². The number of quaternary nitrogens is 1. The second kappa shape index (κ2) is 8.00. The van der Waals surface area contributed by atoms with E-state index in [2.05, 4.69) is 14.9 Å². The van der Waals surface area contributed by atoms with Crippen molar-refractivity contribution in [3.05, 3.63) is 24.0 Å². The highest BCUT2D eigenvalue weighted by atomic mass is 19.1. The van der Waals surface area contributed by atoms with E-state index in [1.165, 1.54) is 6.92 Å². The highest BCUT2D eigenvalue weighted by Crippen LogP contribution is 2.51. The zero-order chi connectivity index (χ0) is 25.9. The third kappa shape index (κ3) is 3.51. The van der Waals surface area contributed by atoms with Gasteiger partial charge in [-0.3, -0.25) is 14.4 Å². The fraction of sp³-hybridized carbons (Fsp3) is 0.529. The van der Waals surface area contributed by atoms with Crippen molar-refractivity contribution in [1.82, 2.24) is 9.96 Å². The molecule has 0 saturated carbocycles. The number of amides is 2. The Morgan fingerprint density at radius 1 is 1.18 bits per heavy atom. The van der Waals surface area contributed by atoms with Crippen LogP contribution in [-0.4, -0.2) is 103 Å². The number of hydrogen-bond acceptors (Lipinski definition) is 13. The van der Waals surface area contributed by atoms with Crippen LogP contribution in [0.3, 0.4) is 0 Å². The quantitative estimate of drug-likeness (QED) is 0.139. The van der Waals surface area contributed by atoms with Crippen LogP contribution in [0.15, 0.2) is 18.2 Å². The predicted molar refractivity (Wildman–Crippen MR) is 101 cm³/mol. The van der Waals surface area contributed by atoms with E-state index in [0.29, 0.717) is 19.2 Å². The number of halogens is 1. The summed E-state index contributed by atoms with van der Waals surface area (Å²) in [6, 6.07) is 2.11. The highest BCUT2D eigenvalue weighted by Gasteiger charge is 2.88. The molecule has 9 N–H and O–H groups in total. The maximum absolute atomic E-state index is 15.2. The van der Waals surface area contributed by atoms with Crippen LogP contribution >= 0.6 is 0 Å². The fourth-order valence-corrected chi connectivity index (χ4v) is 3.67. The summed E-state index contributed by atoms with van der Waals surface area (Å²) in [7, 11) is 0.512. The molecule has 1 unspecified atom stereocenters. The van der Waals surface area contributed by atoms with Gasteiger partial charge in [0.25, 0.3) is 0 Å². The summed E-state index contributed by atoms with van der Waals surface area (Å²) < 4.78 is 21.2. The van der Waals surface area contributed by atoms with Gasteiger partial charge >= 0.3 is 29.9 Å². The van der Waals surface area contributed by atoms with Crippen molar-refractivity contribution in [2.24, 2.45) is 0 Å². The van der Waals surface area contributed by atoms with E-state index in [4.69, 9.17) is 4.74 Å². The summed E-state index contributed by atoms with van der Waals surface area (Å²) in [5.41, 5.74) is -1.48. The summed E-state index contributed by atoms with van der Waals surface area (Å²) in [6.07, 6.45) is -1.73. The standard InChI is InChI=1S/C17H22FN3O13/c1-8(22)19-6-10-7-20(13(23)33-10)9-3-4-12(11(18)5-9)21(32-2)14(24,25)16(28,29)34-17(30,31)15(21,26)27/h3-5,10,24-31H,6-7H2,1-2H3/p+1. The molecule has 2 aliphatic rings. The van der Waals surface area contributed by atoms with Crippen molar-refractivity contribution in [3.63, 3.8) is 0 Å². The lowest BCUT2D eigenvalue weighted by atomic mass is 10.1. The van der Waals surface area contributed by atoms with E-state index in [1.54, 1.807) is 0 Å². The Labute approximate surface area is 189 Å². The van der Waals surface area contributed by atoms with Crippen LogP contribution in [0, 0.1) is 5.82 Å². The number of carbonyl (C=O) groups excluding carboxylic acids is 2. The number of hydrogen-bond donors (Lipinski definition) is 9. The molecule has 2 heterocycles. The number of carbonyl (C=O) groups is 2. The van der Waals surface area contributed by atoms with Crippen molar-refractivity contribution in [1.29, 1.82) is 0 Å². The molecule has 1 aromatic carbocycles. The number of nitrogens with one attached hydrogen (secondary N) is 1. The third-order valence-corrected chi connectivity index (χ3v) is 5.35. The summed E-state index contributed by atoms with van der Waals surface area (Å²) in [6.45, 7) is 1.06. The first-order chi connectivity index (χ1) is 15.4. The number of anilines is 1. The minimum absolute atomic E-state index is 0.0406. The number of cyclic esters (lactones) is 1. The lowest BCUT2D eigenvalue weighted by molar-refractivity contribution is -0.683. The minimum Gasteiger partial charge on any atom is -0.442 e. The van der Waals surface area contributed by atoms with Crippen LogP contribution in [0.4, 0.5) is 20.6 Å². The molecule has 0 radical (unpaired) electrons. The second-order valence-corrected chi connectivity index (χ2v) is 7.57. The van der Waals surface area contributed by atoms with Gasteiger partial charge < -0.3 is 50.9 Å². The highest BCUT2D eigenvalue weighted by molar-refractivity contribution is 5.90. The van der Waals surface area contributed by atoms with Crippen LogP contribution in [0.2, 0.25) is 0 Å². The first-order valence-electron chi connectivity index (χ1n) is 9.42. The minimum atomic E-state index is -4.40. The van der Waals surface area contributed by atoms with Gasteiger partial charge in [0, 0.05) is 19.1 Å². The third-order valence-electron chi connectivity index (χ3n) is 5.35. The van der Waals surface area contributed by atoms with Gasteiger partial charge in [-0.2, -0.15) is 4.84 Å². The molecule has 0 bridgehead atoms. The van der Waals surface area contributed by atoms with Gasteiger partial charge in [0.2, 0.25) is 11.6 Å². The molecule has 0 aromatic heterocycles. The SMILES string of the molecule is CO[N+]1(c2ccc(N3CC(CNC(C)=O)OC3=O)cc2F)C(O)(O)C(O)(O)OC(O)(O)C1(O)O. The number of morpholine rings is 1. The molecule has 1 atom stereocenters. The molecule has 17 heteroatoms. The topological polar surface area (TPSA) is 239 Å². The lowest BCUT2D eigenvalue weighted by Crippen LogP contribution is -2.93. The molecule has 34 heavy (non-hydrogen) atoms. The van der Waals surface area contributed by atoms with Crippen LogP contribution < -0.4 is 14.9 Å². The van der Waals surface area contributed by atoms with Gasteiger partial charge in [0.05, 0.1) is 25.9 Å². The second-order valence-electron chi connectivity index (χ2n) is 7.57. The van der Waals surface area contributed by atoms with Gasteiger partial charge in [0.15, 0.2) is 5.82 Å². The summed E-state index contributed by atoms with van der Waals surface area (Å²) in [5, 5.41) is 83.3. The van der Waals surface area contributed by atoms with Gasteiger partial charge in [-0.15, -0.1) is 0 Å². The Hall–Kier alpha value is -2.55. The molecule has 2 amide bonds. The van der Waals surface area contributed by atoms with Crippen molar-refractivity contribution in [2.75, 3.05) is 25.1 Å². The van der Waals surface area contributed by atoms with E-state index in [0.717, 1.165) is 11.0 Å². The van der Waals surface area contributed by atoms with Crippen molar-refractivity contribution < 1.29 is 69.1 Å². The molecule has 0 aliphatic carbocycles. The molecule has 1 aromatic rings. The Morgan fingerprint density at radius 3 is 2.21 bits per heavy atom. The van der Waals surface area contributed by atoms with Gasteiger partial charge in [-0.1, -0.05) is 0 Å². The maximum Gasteiger partial charge on any atom is 0.440 e. The van der Waals surface area contributed by atoms with E-state index >= 15 is 4.39 Å². The maximum atomic E-state index is 15.2. The number of ether oxygens (including phenoxy) is 2. The van der Waals surface area contributed by atoms with Crippen molar-refractivity contribution in [3.8, 4) is 0 Å². The molecule has 0 spiro atoms. The number of rotatable bonds is 5. The van der Waals surface area contributed by atoms with Crippen molar-refractivity contribution in [2.45, 2.75) is 36.8 Å². The van der Waals surface area contributed by atoms with Crippen molar-refractivity contribution >= 4 is 23.4 Å². The average Bonchev–Trinajstić information content (AvgIpc) is 3.07. The molecule has 2 aliphatic heterocycles. The molecule has 2 saturated heterocycles. The number of aliphatic hydroxyl groups is 8. The van der Waals surface area contributed by atoms with E-state index in [9.17, 15) is 50.4 Å². The van der Waals surface area contributed by atoms with Crippen LogP contribution in [0.5, 0.6) is 0 Å².